The Labute approximate surface area is 207 Å². The quantitative estimate of drug-likeness (QED) is 0.367. The summed E-state index contributed by atoms with van der Waals surface area (Å²) in [6.07, 6.45) is -3.22. The molecule has 0 aliphatic heterocycles. The molecular formula is C26H27ClF3N3O2. The topological polar surface area (TPSA) is 77.2 Å². The summed E-state index contributed by atoms with van der Waals surface area (Å²) in [5.41, 5.74) is 6.32. The molecule has 2 atom stereocenters. The maximum absolute atomic E-state index is 13.1. The molecule has 1 heterocycles. The highest BCUT2D eigenvalue weighted by molar-refractivity contribution is 6.30. The third-order valence-corrected chi connectivity index (χ3v) is 5.89. The number of carbonyl (C=O) groups is 1. The Balaban J connectivity index is 1.76. The van der Waals surface area contributed by atoms with Crippen LogP contribution in [-0.2, 0) is 17.4 Å². The summed E-state index contributed by atoms with van der Waals surface area (Å²) in [5.74, 6) is -0.639. The molecule has 2 aromatic carbocycles. The Morgan fingerprint density at radius 2 is 1.80 bits per heavy atom. The molecule has 0 bridgehead atoms. The number of rotatable bonds is 8. The number of benzene rings is 2. The first kappa shape index (κ1) is 26.3. The van der Waals surface area contributed by atoms with Gasteiger partial charge >= 0.3 is 6.18 Å². The Morgan fingerprint density at radius 1 is 1.11 bits per heavy atom. The number of anilines is 1. The van der Waals surface area contributed by atoms with E-state index < -0.39 is 23.2 Å². The van der Waals surface area contributed by atoms with E-state index in [4.69, 9.17) is 22.1 Å². The van der Waals surface area contributed by atoms with Gasteiger partial charge in [-0.05, 0) is 68.7 Å². The fourth-order valence-corrected chi connectivity index (χ4v) is 3.77. The zero-order chi connectivity index (χ0) is 25.8. The van der Waals surface area contributed by atoms with Crippen LogP contribution >= 0.6 is 11.6 Å². The van der Waals surface area contributed by atoms with Crippen LogP contribution in [0, 0.1) is 0 Å². The van der Waals surface area contributed by atoms with Gasteiger partial charge in [0.05, 0.1) is 5.56 Å². The largest absolute Gasteiger partial charge is 0.462 e. The van der Waals surface area contributed by atoms with Crippen molar-refractivity contribution in [3.05, 3.63) is 88.6 Å². The maximum Gasteiger partial charge on any atom is 0.417 e. The number of nitrogen functional groups attached to an aromatic ring is 1. The van der Waals surface area contributed by atoms with E-state index in [0.29, 0.717) is 23.3 Å². The lowest BCUT2D eigenvalue weighted by Gasteiger charge is -2.30. The minimum absolute atomic E-state index is 0.0839. The molecule has 0 aliphatic carbocycles. The Hall–Kier alpha value is -3.26. The molecule has 0 radical (unpaired) electrons. The summed E-state index contributed by atoms with van der Waals surface area (Å²) in [4.78, 5) is 16.8. The van der Waals surface area contributed by atoms with E-state index in [-0.39, 0.29) is 17.8 Å². The summed E-state index contributed by atoms with van der Waals surface area (Å²) in [5, 5.41) is 3.62. The number of aromatic nitrogens is 1. The SMILES string of the molecule is C[C@H](NC(=O)C(C)(C)Oc1ccc(C(F)(F)F)cn1)C(Cc1ccc(Cl)cc1)c1cccc(N)c1. The van der Waals surface area contributed by atoms with Crippen LogP contribution in [0.4, 0.5) is 18.9 Å². The molecule has 9 heteroatoms. The second kappa shape index (κ2) is 10.6. The zero-order valence-electron chi connectivity index (χ0n) is 19.6. The van der Waals surface area contributed by atoms with Crippen molar-refractivity contribution in [2.75, 3.05) is 5.73 Å². The van der Waals surface area contributed by atoms with Crippen molar-refractivity contribution in [2.45, 2.75) is 50.9 Å². The van der Waals surface area contributed by atoms with Gasteiger partial charge in [-0.25, -0.2) is 4.98 Å². The average Bonchev–Trinajstić information content (AvgIpc) is 2.78. The summed E-state index contributed by atoms with van der Waals surface area (Å²) in [7, 11) is 0. The van der Waals surface area contributed by atoms with Crippen molar-refractivity contribution >= 4 is 23.2 Å². The van der Waals surface area contributed by atoms with Crippen molar-refractivity contribution in [1.82, 2.24) is 10.3 Å². The summed E-state index contributed by atoms with van der Waals surface area (Å²) in [6.45, 7) is 4.94. The van der Waals surface area contributed by atoms with E-state index in [9.17, 15) is 18.0 Å². The molecule has 5 nitrogen and oxygen atoms in total. The molecule has 1 unspecified atom stereocenters. The molecule has 3 N–H and O–H groups in total. The summed E-state index contributed by atoms with van der Waals surface area (Å²) in [6, 6.07) is 16.6. The van der Waals surface area contributed by atoms with E-state index in [0.717, 1.165) is 23.3 Å². The third-order valence-electron chi connectivity index (χ3n) is 5.64. The van der Waals surface area contributed by atoms with Crippen LogP contribution < -0.4 is 15.8 Å². The maximum atomic E-state index is 13.1. The van der Waals surface area contributed by atoms with Gasteiger partial charge in [0.25, 0.3) is 5.91 Å². The predicted molar refractivity (Wildman–Crippen MR) is 130 cm³/mol. The lowest BCUT2D eigenvalue weighted by molar-refractivity contribution is -0.138. The molecule has 1 amide bonds. The van der Waals surface area contributed by atoms with Gasteiger partial charge in [0.15, 0.2) is 5.60 Å². The second-order valence-electron chi connectivity index (χ2n) is 8.86. The fourth-order valence-electron chi connectivity index (χ4n) is 3.64. The summed E-state index contributed by atoms with van der Waals surface area (Å²) >= 11 is 6.02. The first-order valence-corrected chi connectivity index (χ1v) is 11.4. The molecular weight excluding hydrogens is 479 g/mol. The molecule has 0 fully saturated rings. The van der Waals surface area contributed by atoms with Crippen LogP contribution in [-0.4, -0.2) is 22.5 Å². The number of halogens is 4. The number of amides is 1. The zero-order valence-corrected chi connectivity index (χ0v) is 20.3. The van der Waals surface area contributed by atoms with Gasteiger partial charge in [-0.15, -0.1) is 0 Å². The Bertz CT molecular complexity index is 1150. The van der Waals surface area contributed by atoms with Gasteiger partial charge in [0.2, 0.25) is 5.88 Å². The molecule has 0 spiro atoms. The Morgan fingerprint density at radius 3 is 2.37 bits per heavy atom. The van der Waals surface area contributed by atoms with Crippen molar-refractivity contribution < 1.29 is 22.7 Å². The number of ether oxygens (including phenoxy) is 1. The molecule has 0 saturated heterocycles. The van der Waals surface area contributed by atoms with Crippen molar-refractivity contribution in [1.29, 1.82) is 0 Å². The monoisotopic (exact) mass is 505 g/mol. The van der Waals surface area contributed by atoms with Crippen LogP contribution in [0.15, 0.2) is 66.9 Å². The number of carbonyl (C=O) groups excluding carboxylic acids is 1. The summed E-state index contributed by atoms with van der Waals surface area (Å²) < 4.78 is 44.0. The number of pyridine rings is 1. The lowest BCUT2D eigenvalue weighted by Crippen LogP contribution is -2.51. The van der Waals surface area contributed by atoms with Crippen LogP contribution in [0.1, 0.15) is 43.4 Å². The van der Waals surface area contributed by atoms with Gasteiger partial charge in [-0.1, -0.05) is 35.9 Å². The van der Waals surface area contributed by atoms with E-state index >= 15 is 0 Å². The van der Waals surface area contributed by atoms with Gasteiger partial charge in [-0.2, -0.15) is 13.2 Å². The molecule has 3 aromatic rings. The average molecular weight is 506 g/mol. The molecule has 35 heavy (non-hydrogen) atoms. The highest BCUT2D eigenvalue weighted by atomic mass is 35.5. The molecule has 1 aromatic heterocycles. The third kappa shape index (κ3) is 7.11. The number of hydrogen-bond acceptors (Lipinski definition) is 4. The van der Waals surface area contributed by atoms with Gasteiger partial charge in [0, 0.05) is 34.9 Å². The number of alkyl halides is 3. The fraction of sp³-hybridized carbons (Fsp3) is 0.308. The first-order valence-electron chi connectivity index (χ1n) is 11.0. The number of nitrogens with two attached hydrogens (primary N) is 1. The standard InChI is InChI=1S/C26H27ClF3N3O2/c1-16(22(18-5-4-6-21(31)14-18)13-17-7-10-20(27)11-8-17)33-24(34)25(2,3)35-23-12-9-19(15-32-23)26(28,29)30/h4-12,14-16,22H,13,31H2,1-3H3,(H,33,34)/t16-,22?/m0/s1. The molecule has 186 valence electrons. The van der Waals surface area contributed by atoms with E-state index in [1.807, 2.05) is 49.4 Å². The normalized spacial score (nSPS) is 13.7. The highest BCUT2D eigenvalue weighted by Gasteiger charge is 2.34. The highest BCUT2D eigenvalue weighted by Crippen LogP contribution is 2.30. The molecule has 0 saturated carbocycles. The predicted octanol–water partition coefficient (Wildman–Crippen LogP) is 6.02. The Kier molecular flexibility index (Phi) is 7.95. The minimum Gasteiger partial charge on any atom is -0.462 e. The number of nitrogens with one attached hydrogen (secondary N) is 1. The van der Waals surface area contributed by atoms with Crippen LogP contribution in [0.5, 0.6) is 5.88 Å². The van der Waals surface area contributed by atoms with Gasteiger partial charge in [-0.3, -0.25) is 4.79 Å². The van der Waals surface area contributed by atoms with Crippen molar-refractivity contribution in [3.63, 3.8) is 0 Å². The van der Waals surface area contributed by atoms with Crippen LogP contribution in [0.25, 0.3) is 0 Å². The minimum atomic E-state index is -4.51. The van der Waals surface area contributed by atoms with Gasteiger partial charge in [0.1, 0.15) is 0 Å². The van der Waals surface area contributed by atoms with Crippen molar-refractivity contribution in [3.8, 4) is 5.88 Å². The number of nitrogens with zero attached hydrogens (tertiary/aromatic N) is 1. The second-order valence-corrected chi connectivity index (χ2v) is 9.30. The van der Waals surface area contributed by atoms with E-state index in [2.05, 4.69) is 10.3 Å². The van der Waals surface area contributed by atoms with E-state index in [1.165, 1.54) is 13.8 Å². The molecule has 3 rings (SSSR count). The van der Waals surface area contributed by atoms with Crippen LogP contribution in [0.3, 0.4) is 0 Å². The van der Waals surface area contributed by atoms with Crippen LogP contribution in [0.2, 0.25) is 5.02 Å². The van der Waals surface area contributed by atoms with Gasteiger partial charge < -0.3 is 15.8 Å². The number of hydrogen-bond donors (Lipinski definition) is 2. The smallest absolute Gasteiger partial charge is 0.417 e. The van der Waals surface area contributed by atoms with Crippen molar-refractivity contribution in [2.24, 2.45) is 0 Å². The van der Waals surface area contributed by atoms with E-state index in [1.54, 1.807) is 6.07 Å². The first-order chi connectivity index (χ1) is 16.3. The molecule has 0 aliphatic rings. The lowest BCUT2D eigenvalue weighted by atomic mass is 9.86.